The van der Waals surface area contributed by atoms with Gasteiger partial charge in [0.05, 0.1) is 6.04 Å². The molecule has 1 amide bonds. The fourth-order valence-corrected chi connectivity index (χ4v) is 2.42. The summed E-state index contributed by atoms with van der Waals surface area (Å²) in [5, 5.41) is 3.30. The van der Waals surface area contributed by atoms with Crippen molar-refractivity contribution in [1.82, 2.24) is 15.3 Å². The van der Waals surface area contributed by atoms with E-state index in [4.69, 9.17) is 16.3 Å². The number of nitrogens with one attached hydrogen (secondary N) is 1. The molecular weight excluding hydrogens is 292 g/mol. The van der Waals surface area contributed by atoms with Crippen molar-refractivity contribution in [3.63, 3.8) is 0 Å². The fourth-order valence-electron chi connectivity index (χ4n) is 2.19. The van der Waals surface area contributed by atoms with Crippen LogP contribution >= 0.6 is 11.6 Å². The number of nitrogens with zero attached hydrogens (tertiary/aromatic N) is 3. The molecule has 1 aromatic heterocycles. The third-order valence-electron chi connectivity index (χ3n) is 3.00. The molecule has 0 aliphatic carbocycles. The molecule has 1 aliphatic heterocycles. The van der Waals surface area contributed by atoms with Gasteiger partial charge in [-0.25, -0.2) is 14.8 Å². The Kier molecular flexibility index (Phi) is 4.56. The van der Waals surface area contributed by atoms with Gasteiger partial charge < -0.3 is 15.0 Å². The van der Waals surface area contributed by atoms with E-state index in [0.29, 0.717) is 17.6 Å². The van der Waals surface area contributed by atoms with E-state index < -0.39 is 11.7 Å². The van der Waals surface area contributed by atoms with E-state index in [1.54, 1.807) is 6.07 Å². The second-order valence-corrected chi connectivity index (χ2v) is 6.60. The molecule has 2 rings (SSSR count). The van der Waals surface area contributed by atoms with Crippen LogP contribution in [0.4, 0.5) is 10.7 Å². The summed E-state index contributed by atoms with van der Waals surface area (Å²) >= 11 is 5.95. The van der Waals surface area contributed by atoms with E-state index in [0.717, 1.165) is 18.7 Å². The van der Waals surface area contributed by atoms with E-state index >= 15 is 0 Å². The highest BCUT2D eigenvalue weighted by atomic mass is 35.5. The van der Waals surface area contributed by atoms with Crippen molar-refractivity contribution in [2.24, 2.45) is 0 Å². The van der Waals surface area contributed by atoms with Crippen molar-refractivity contribution < 1.29 is 9.53 Å². The number of carbonyl (C=O) groups excluding carboxylic acids is 1. The lowest BCUT2D eigenvalue weighted by molar-refractivity contribution is 0.0509. The smallest absolute Gasteiger partial charge is 0.407 e. The van der Waals surface area contributed by atoms with E-state index in [9.17, 15) is 4.79 Å². The Hall–Kier alpha value is -1.56. The Morgan fingerprint density at radius 2 is 2.19 bits per heavy atom. The molecule has 0 unspecified atom stereocenters. The largest absolute Gasteiger partial charge is 0.444 e. The fraction of sp³-hybridized carbons (Fsp3) is 0.643. The maximum Gasteiger partial charge on any atom is 0.407 e. The highest BCUT2D eigenvalue weighted by Crippen LogP contribution is 2.19. The summed E-state index contributed by atoms with van der Waals surface area (Å²) < 4.78 is 5.26. The molecule has 21 heavy (non-hydrogen) atoms. The average Bonchev–Trinajstić information content (AvgIpc) is 2.73. The number of halogens is 1. The highest BCUT2D eigenvalue weighted by molar-refractivity contribution is 6.29. The zero-order chi connectivity index (χ0) is 15.6. The number of rotatable bonds is 2. The van der Waals surface area contributed by atoms with Crippen LogP contribution in [-0.2, 0) is 4.74 Å². The zero-order valence-electron chi connectivity index (χ0n) is 12.8. The van der Waals surface area contributed by atoms with Crippen molar-refractivity contribution in [3.05, 3.63) is 16.9 Å². The van der Waals surface area contributed by atoms with Crippen LogP contribution in [0.5, 0.6) is 0 Å². The van der Waals surface area contributed by atoms with E-state index in [-0.39, 0.29) is 6.04 Å². The summed E-state index contributed by atoms with van der Waals surface area (Å²) in [4.78, 5) is 22.4. The van der Waals surface area contributed by atoms with Gasteiger partial charge in [0, 0.05) is 18.8 Å². The van der Waals surface area contributed by atoms with Gasteiger partial charge in [-0.15, -0.1) is 0 Å². The lowest BCUT2D eigenvalue weighted by Gasteiger charge is -2.22. The highest BCUT2D eigenvalue weighted by Gasteiger charge is 2.27. The van der Waals surface area contributed by atoms with Crippen LogP contribution in [0.15, 0.2) is 6.07 Å². The molecule has 0 radical (unpaired) electrons. The maximum absolute atomic E-state index is 11.8. The normalized spacial score (nSPS) is 18.7. The van der Waals surface area contributed by atoms with Gasteiger partial charge >= 0.3 is 6.09 Å². The average molecular weight is 313 g/mol. The molecule has 1 fully saturated rings. The van der Waals surface area contributed by atoms with Crippen molar-refractivity contribution >= 4 is 23.6 Å². The first-order valence-corrected chi connectivity index (χ1v) is 7.36. The molecule has 6 nitrogen and oxygen atoms in total. The van der Waals surface area contributed by atoms with Gasteiger partial charge in [0.1, 0.15) is 10.8 Å². The third kappa shape index (κ3) is 4.74. The zero-order valence-corrected chi connectivity index (χ0v) is 13.6. The quantitative estimate of drug-likeness (QED) is 0.850. The Bertz CT molecular complexity index is 510. The maximum atomic E-state index is 11.8. The van der Waals surface area contributed by atoms with Crippen molar-refractivity contribution in [2.45, 2.75) is 45.8 Å². The number of amides is 1. The monoisotopic (exact) mass is 312 g/mol. The second-order valence-electron chi connectivity index (χ2n) is 6.21. The van der Waals surface area contributed by atoms with Crippen LogP contribution in [0.25, 0.3) is 0 Å². The number of aromatic nitrogens is 2. The molecule has 2 heterocycles. The predicted octanol–water partition coefficient (Wildman–Crippen LogP) is 2.54. The van der Waals surface area contributed by atoms with Crippen molar-refractivity contribution in [1.29, 1.82) is 0 Å². The lowest BCUT2D eigenvalue weighted by Crippen LogP contribution is -2.40. The molecule has 1 aliphatic rings. The first kappa shape index (κ1) is 15.8. The summed E-state index contributed by atoms with van der Waals surface area (Å²) in [5.74, 6) is 0.605. The molecule has 0 spiro atoms. The minimum atomic E-state index is -0.491. The van der Waals surface area contributed by atoms with Crippen LogP contribution in [-0.4, -0.2) is 40.8 Å². The van der Waals surface area contributed by atoms with Gasteiger partial charge in [-0.05, 0) is 40.2 Å². The standard InChI is InChI=1S/C14H21ClN4O2/c1-9-7-11(15)18-12(16-9)19-6-5-10(8-19)17-13(20)21-14(2,3)4/h7,10H,5-6,8H2,1-4H3,(H,17,20)/t10-/m0/s1. The Morgan fingerprint density at radius 3 is 2.81 bits per heavy atom. The summed E-state index contributed by atoms with van der Waals surface area (Å²) in [7, 11) is 0. The molecule has 0 saturated carbocycles. The van der Waals surface area contributed by atoms with Gasteiger partial charge in [-0.3, -0.25) is 0 Å². The van der Waals surface area contributed by atoms with Crippen LogP contribution in [0, 0.1) is 6.92 Å². The number of hydrogen-bond acceptors (Lipinski definition) is 5. The summed E-state index contributed by atoms with van der Waals surface area (Å²) in [6.45, 7) is 8.84. The Balaban J connectivity index is 1.93. The molecule has 1 aromatic rings. The summed E-state index contributed by atoms with van der Waals surface area (Å²) in [6.07, 6.45) is 0.436. The molecule has 116 valence electrons. The lowest BCUT2D eigenvalue weighted by atomic mass is 10.2. The Labute approximate surface area is 129 Å². The van der Waals surface area contributed by atoms with E-state index in [2.05, 4.69) is 15.3 Å². The van der Waals surface area contributed by atoms with Crippen LogP contribution < -0.4 is 10.2 Å². The van der Waals surface area contributed by atoms with Crippen LogP contribution in [0.3, 0.4) is 0 Å². The molecule has 1 saturated heterocycles. The molecule has 1 atom stereocenters. The van der Waals surface area contributed by atoms with E-state index in [1.807, 2.05) is 32.6 Å². The first-order valence-electron chi connectivity index (χ1n) is 6.98. The van der Waals surface area contributed by atoms with Crippen molar-refractivity contribution in [2.75, 3.05) is 18.0 Å². The molecule has 7 heteroatoms. The number of alkyl carbamates (subject to hydrolysis) is 1. The van der Waals surface area contributed by atoms with Crippen LogP contribution in [0.1, 0.15) is 32.9 Å². The molecule has 0 bridgehead atoms. The number of hydrogen-bond donors (Lipinski definition) is 1. The minimum Gasteiger partial charge on any atom is -0.444 e. The van der Waals surface area contributed by atoms with Gasteiger partial charge in [-0.1, -0.05) is 11.6 Å². The van der Waals surface area contributed by atoms with Gasteiger partial charge in [0.25, 0.3) is 0 Å². The molecule has 1 N–H and O–H groups in total. The molecule has 0 aromatic carbocycles. The third-order valence-corrected chi connectivity index (χ3v) is 3.20. The SMILES string of the molecule is Cc1cc(Cl)nc(N2CC[C@H](NC(=O)OC(C)(C)C)C2)n1. The van der Waals surface area contributed by atoms with Crippen LogP contribution in [0.2, 0.25) is 5.15 Å². The first-order chi connectivity index (χ1) is 9.73. The van der Waals surface area contributed by atoms with Gasteiger partial charge in [0.2, 0.25) is 5.95 Å². The summed E-state index contributed by atoms with van der Waals surface area (Å²) in [5.41, 5.74) is 0.337. The predicted molar refractivity (Wildman–Crippen MR) is 81.8 cm³/mol. The minimum absolute atomic E-state index is 0.0303. The number of aryl methyl sites for hydroxylation is 1. The van der Waals surface area contributed by atoms with Crippen molar-refractivity contribution in [3.8, 4) is 0 Å². The number of carbonyl (C=O) groups is 1. The van der Waals surface area contributed by atoms with E-state index in [1.165, 1.54) is 0 Å². The number of ether oxygens (including phenoxy) is 1. The Morgan fingerprint density at radius 1 is 1.48 bits per heavy atom. The van der Waals surface area contributed by atoms with Gasteiger partial charge in [-0.2, -0.15) is 0 Å². The second kappa shape index (κ2) is 6.05. The molecular formula is C14H21ClN4O2. The number of anilines is 1. The van der Waals surface area contributed by atoms with Gasteiger partial charge in [0.15, 0.2) is 0 Å². The summed E-state index contributed by atoms with van der Waals surface area (Å²) in [6, 6.07) is 1.75. The topological polar surface area (TPSA) is 67.4 Å².